The third kappa shape index (κ3) is 18.2. The normalized spacial score (nSPS) is 9.82. The van der Waals surface area contributed by atoms with Crippen molar-refractivity contribution in [1.29, 1.82) is 0 Å². The zero-order valence-electron chi connectivity index (χ0n) is 38.4. The summed E-state index contributed by atoms with van der Waals surface area (Å²) in [5, 5.41) is 24.0. The SMILES string of the molecule is CC.CC.CC.[B]Cc1nc(C)nnc1Cc1cc(C)cc(C)c1.[B]Cc1nc(N)nnc1Cc1cc(C)cc(C)c1.[B]Cc1nc(N)nnc1Cc1cc(C)cc(C)c1. The summed E-state index contributed by atoms with van der Waals surface area (Å²) in [6.45, 7) is 26.3. The van der Waals surface area contributed by atoms with Gasteiger partial charge in [0.2, 0.25) is 11.9 Å². The van der Waals surface area contributed by atoms with Crippen molar-refractivity contribution in [2.75, 3.05) is 11.5 Å². The van der Waals surface area contributed by atoms with Crippen molar-refractivity contribution in [2.45, 2.75) is 128 Å². The number of aromatic nitrogens is 9. The summed E-state index contributed by atoms with van der Waals surface area (Å²) in [4.78, 5) is 12.6. The van der Waals surface area contributed by atoms with Crippen molar-refractivity contribution in [3.05, 3.63) is 145 Å². The van der Waals surface area contributed by atoms with E-state index in [0.29, 0.717) is 49.0 Å². The first-order valence-corrected chi connectivity index (χ1v) is 20.7. The zero-order chi connectivity index (χ0) is 45.4. The van der Waals surface area contributed by atoms with Gasteiger partial charge >= 0.3 is 0 Å². The Bertz CT molecular complexity index is 1890. The quantitative estimate of drug-likeness (QED) is 0.137. The summed E-state index contributed by atoms with van der Waals surface area (Å²) in [6.07, 6.45) is 3.12. The third-order valence-corrected chi connectivity index (χ3v) is 8.20. The lowest BCUT2D eigenvalue weighted by atomic mass is 9.96. The fraction of sp³-hybridized carbons (Fsp3) is 0.413. The number of rotatable bonds is 9. The molecule has 6 aromatic rings. The lowest BCUT2D eigenvalue weighted by Gasteiger charge is -2.08. The summed E-state index contributed by atoms with van der Waals surface area (Å²) in [6, 6.07) is 19.3. The zero-order valence-corrected chi connectivity index (χ0v) is 38.4. The first kappa shape index (κ1) is 52.5. The second kappa shape index (κ2) is 28.0. The van der Waals surface area contributed by atoms with Crippen LogP contribution in [0, 0.1) is 48.5 Å². The van der Waals surface area contributed by atoms with Gasteiger partial charge in [-0.1, -0.05) is 130 Å². The van der Waals surface area contributed by atoms with Gasteiger partial charge in [-0.2, -0.15) is 5.10 Å². The van der Waals surface area contributed by atoms with Gasteiger partial charge in [0.25, 0.3) is 0 Å². The number of nitrogens with zero attached hydrogens (tertiary/aromatic N) is 9. The van der Waals surface area contributed by atoms with E-state index in [9.17, 15) is 0 Å². The van der Waals surface area contributed by atoms with Crippen LogP contribution in [0.1, 0.15) is 132 Å². The number of hydrogen-bond donors (Lipinski definition) is 2. The Balaban J connectivity index is 0.000000423. The van der Waals surface area contributed by atoms with E-state index in [1.165, 1.54) is 50.1 Å². The van der Waals surface area contributed by atoms with E-state index in [4.69, 9.17) is 35.0 Å². The van der Waals surface area contributed by atoms with E-state index in [1.807, 2.05) is 48.5 Å². The fourth-order valence-electron chi connectivity index (χ4n) is 6.26. The lowest BCUT2D eigenvalue weighted by Crippen LogP contribution is -2.08. The monoisotopic (exact) mass is 804 g/mol. The van der Waals surface area contributed by atoms with Crippen molar-refractivity contribution >= 4 is 35.4 Å². The predicted octanol–water partition coefficient (Wildman–Crippen LogP) is 7.79. The van der Waals surface area contributed by atoms with Crippen molar-refractivity contribution in [1.82, 2.24) is 45.5 Å². The molecule has 0 saturated carbocycles. The molecular weight excluding hydrogens is 739 g/mol. The van der Waals surface area contributed by atoms with Gasteiger partial charge in [0.1, 0.15) is 5.82 Å². The van der Waals surface area contributed by atoms with Gasteiger partial charge in [0.05, 0.1) is 57.7 Å². The summed E-state index contributed by atoms with van der Waals surface area (Å²) in [5.41, 5.74) is 26.7. The molecule has 6 rings (SSSR count). The molecule has 0 amide bonds. The van der Waals surface area contributed by atoms with E-state index < -0.39 is 0 Å². The van der Waals surface area contributed by atoms with Crippen molar-refractivity contribution in [2.24, 2.45) is 0 Å². The van der Waals surface area contributed by atoms with E-state index in [2.05, 4.69) is 142 Å². The highest BCUT2D eigenvalue weighted by Gasteiger charge is 2.10. The van der Waals surface area contributed by atoms with Gasteiger partial charge in [0.15, 0.2) is 0 Å². The van der Waals surface area contributed by atoms with E-state index in [-0.39, 0.29) is 11.9 Å². The molecule has 6 radical (unpaired) electrons. The van der Waals surface area contributed by atoms with Crippen molar-refractivity contribution < 1.29 is 0 Å². The van der Waals surface area contributed by atoms with Crippen molar-refractivity contribution in [3.63, 3.8) is 0 Å². The molecule has 3 heterocycles. The van der Waals surface area contributed by atoms with Crippen LogP contribution < -0.4 is 11.5 Å². The maximum Gasteiger partial charge on any atom is 0.240 e. The second-order valence-electron chi connectivity index (χ2n) is 13.5. The van der Waals surface area contributed by atoms with E-state index in [0.717, 1.165) is 29.2 Å². The van der Waals surface area contributed by atoms with Crippen LogP contribution >= 0.6 is 0 Å². The molecule has 0 atom stereocenters. The van der Waals surface area contributed by atoms with Gasteiger partial charge in [-0.25, -0.2) is 15.0 Å². The Labute approximate surface area is 364 Å². The molecule has 3 aromatic carbocycles. The van der Waals surface area contributed by atoms with Gasteiger partial charge in [0, 0.05) is 19.3 Å². The highest BCUT2D eigenvalue weighted by Crippen LogP contribution is 2.17. The molecular formula is C46H64B3N11. The molecule has 3 aromatic heterocycles. The lowest BCUT2D eigenvalue weighted by molar-refractivity contribution is 0.819. The Morgan fingerprint density at radius 1 is 0.350 bits per heavy atom. The number of hydrogen-bond acceptors (Lipinski definition) is 11. The molecule has 0 unspecified atom stereocenters. The van der Waals surface area contributed by atoms with Crippen LogP contribution in [-0.4, -0.2) is 69.1 Å². The van der Waals surface area contributed by atoms with Crippen molar-refractivity contribution in [3.8, 4) is 0 Å². The largest absolute Gasteiger partial charge is 0.366 e. The van der Waals surface area contributed by atoms with Crippen LogP contribution in [0.4, 0.5) is 11.9 Å². The molecule has 14 heteroatoms. The number of aryl methyl sites for hydroxylation is 7. The molecule has 0 aliphatic heterocycles. The summed E-state index contributed by atoms with van der Waals surface area (Å²) in [7, 11) is 17.0. The predicted molar refractivity (Wildman–Crippen MR) is 252 cm³/mol. The van der Waals surface area contributed by atoms with Crippen LogP contribution in [-0.2, 0) is 38.2 Å². The molecule has 60 heavy (non-hydrogen) atoms. The van der Waals surface area contributed by atoms with E-state index in [1.54, 1.807) is 0 Å². The van der Waals surface area contributed by atoms with Crippen LogP contribution in [0.5, 0.6) is 0 Å². The number of anilines is 2. The molecule has 0 saturated heterocycles. The van der Waals surface area contributed by atoms with Gasteiger partial charge < -0.3 is 11.5 Å². The Hall–Kier alpha value is -5.52. The minimum atomic E-state index is 0.166. The summed E-state index contributed by atoms with van der Waals surface area (Å²) < 4.78 is 0. The van der Waals surface area contributed by atoms with E-state index >= 15 is 0 Å². The Morgan fingerprint density at radius 2 is 0.600 bits per heavy atom. The molecule has 0 spiro atoms. The average molecular weight is 804 g/mol. The molecule has 0 aliphatic rings. The van der Waals surface area contributed by atoms with Gasteiger partial charge in [-0.15, -0.1) is 25.5 Å². The average Bonchev–Trinajstić information content (AvgIpc) is 3.21. The number of nitrogens with two attached hydrogens (primary N) is 2. The summed E-state index contributed by atoms with van der Waals surface area (Å²) in [5.74, 6) is 0.999. The fourth-order valence-corrected chi connectivity index (χ4v) is 6.26. The standard InChI is InChI=1S/C14H16BN3.2C13H15BN4.3C2H6/c1-9-4-10(2)6-12(5-9)7-13-14(8-15)16-11(3)17-18-13;2*1-8-3-9(2)5-10(4-8)6-11-12(7-14)16-13(15)18-17-11;3*1-2/h4-6H,7-8H2,1-3H3;2*3-5H,6-7H2,1-2H3,(H2,15,16,18);3*1-2H3. The molecule has 11 nitrogen and oxygen atoms in total. The molecule has 0 bridgehead atoms. The highest BCUT2D eigenvalue weighted by molar-refractivity contribution is 6.08. The minimum absolute atomic E-state index is 0.166. The maximum absolute atomic E-state index is 5.70. The highest BCUT2D eigenvalue weighted by atomic mass is 15.2. The van der Waals surface area contributed by atoms with Crippen LogP contribution in [0.25, 0.3) is 0 Å². The first-order chi connectivity index (χ1) is 28.7. The Kier molecular flexibility index (Phi) is 24.5. The van der Waals surface area contributed by atoms with Crippen LogP contribution in [0.3, 0.4) is 0 Å². The van der Waals surface area contributed by atoms with Crippen LogP contribution in [0.15, 0.2) is 54.6 Å². The molecule has 0 aliphatic carbocycles. The topological polar surface area (TPSA) is 168 Å². The minimum Gasteiger partial charge on any atom is -0.366 e. The van der Waals surface area contributed by atoms with Gasteiger partial charge in [-0.3, -0.25) is 0 Å². The number of nitrogen functional groups attached to an aromatic ring is 2. The molecule has 312 valence electrons. The smallest absolute Gasteiger partial charge is 0.240 e. The van der Waals surface area contributed by atoms with Crippen LogP contribution in [0.2, 0.25) is 0 Å². The molecule has 4 N–H and O–H groups in total. The Morgan fingerprint density at radius 3 is 0.867 bits per heavy atom. The van der Waals surface area contributed by atoms with Gasteiger partial charge in [-0.05, 0) is 84.1 Å². The maximum atomic E-state index is 5.70. The summed E-state index contributed by atoms with van der Waals surface area (Å²) >= 11 is 0. The third-order valence-electron chi connectivity index (χ3n) is 8.20. The molecule has 0 fully saturated rings. The first-order valence-electron chi connectivity index (χ1n) is 20.7. The second-order valence-corrected chi connectivity index (χ2v) is 13.5. The number of benzene rings is 3.